The summed E-state index contributed by atoms with van der Waals surface area (Å²) in [6.07, 6.45) is 1.10. The van der Waals surface area contributed by atoms with Crippen molar-refractivity contribution in [1.82, 2.24) is 15.5 Å². The maximum Gasteiger partial charge on any atom is 0.191 e. The Morgan fingerprint density at radius 1 is 1.24 bits per heavy atom. The van der Waals surface area contributed by atoms with Crippen molar-refractivity contribution in [1.29, 1.82) is 0 Å². The molecule has 0 amide bonds. The lowest BCUT2D eigenvalue weighted by molar-refractivity contribution is 0.00246. The van der Waals surface area contributed by atoms with E-state index in [1.165, 1.54) is 6.07 Å². The minimum absolute atomic E-state index is 0.204. The van der Waals surface area contributed by atoms with Crippen LogP contribution >= 0.6 is 0 Å². The smallest absolute Gasteiger partial charge is 0.191 e. The summed E-state index contributed by atoms with van der Waals surface area (Å²) in [4.78, 5) is 6.91. The van der Waals surface area contributed by atoms with Crippen LogP contribution in [-0.4, -0.2) is 76.6 Å². The number of benzene rings is 1. The highest BCUT2D eigenvalue weighted by molar-refractivity contribution is 5.79. The van der Waals surface area contributed by atoms with Gasteiger partial charge in [-0.1, -0.05) is 26.0 Å². The van der Waals surface area contributed by atoms with Gasteiger partial charge in [0.1, 0.15) is 5.82 Å². The van der Waals surface area contributed by atoms with Crippen LogP contribution in [0.5, 0.6) is 0 Å². The van der Waals surface area contributed by atoms with E-state index < -0.39 is 0 Å². The summed E-state index contributed by atoms with van der Waals surface area (Å²) in [5.74, 6) is 1.10. The summed E-state index contributed by atoms with van der Waals surface area (Å²) < 4.78 is 24.8. The zero-order valence-electron chi connectivity index (χ0n) is 17.9. The maximum absolute atomic E-state index is 13.6. The van der Waals surface area contributed by atoms with Crippen LogP contribution in [0, 0.1) is 11.7 Å². The highest BCUT2D eigenvalue weighted by atomic mass is 19.1. The summed E-state index contributed by atoms with van der Waals surface area (Å²) in [5.41, 5.74) is 0.748. The number of hydrogen-bond donors (Lipinski definition) is 2. The molecule has 2 saturated heterocycles. The van der Waals surface area contributed by atoms with Gasteiger partial charge in [0.15, 0.2) is 5.96 Å². The van der Waals surface area contributed by atoms with Crippen molar-refractivity contribution in [3.05, 3.63) is 35.6 Å². The maximum atomic E-state index is 13.6. The van der Waals surface area contributed by atoms with Gasteiger partial charge in [-0.2, -0.15) is 0 Å². The average molecular weight is 407 g/mol. The second-order valence-electron chi connectivity index (χ2n) is 8.54. The molecule has 2 heterocycles. The number of aliphatic imine (C=N–C) groups is 1. The fourth-order valence-electron chi connectivity index (χ4n) is 4.10. The van der Waals surface area contributed by atoms with E-state index in [0.29, 0.717) is 18.5 Å². The number of guanidine groups is 1. The molecule has 6 nitrogen and oxygen atoms in total. The number of nitrogens with one attached hydrogen (secondary N) is 2. The Hall–Kier alpha value is -1.70. The van der Waals surface area contributed by atoms with E-state index in [2.05, 4.69) is 34.4 Å². The van der Waals surface area contributed by atoms with Crippen molar-refractivity contribution in [2.45, 2.75) is 31.7 Å². The molecule has 1 aromatic rings. The Kier molecular flexibility index (Phi) is 7.86. The first-order valence-electron chi connectivity index (χ1n) is 10.6. The van der Waals surface area contributed by atoms with E-state index >= 15 is 0 Å². The molecule has 2 aliphatic heterocycles. The molecule has 0 aliphatic carbocycles. The summed E-state index contributed by atoms with van der Waals surface area (Å²) >= 11 is 0. The number of hydrogen-bond acceptors (Lipinski definition) is 4. The first-order chi connectivity index (χ1) is 14.0. The summed E-state index contributed by atoms with van der Waals surface area (Å²) in [5, 5.41) is 6.92. The molecule has 0 spiro atoms. The SMILES string of the molecule is CN=C(NCC(C1CCOC1)N1CCOCC1)NCC(C)(C)c1cccc(F)c1. The van der Waals surface area contributed by atoms with Gasteiger partial charge >= 0.3 is 0 Å². The molecule has 162 valence electrons. The van der Waals surface area contributed by atoms with E-state index in [0.717, 1.165) is 64.0 Å². The first kappa shape index (κ1) is 22.0. The summed E-state index contributed by atoms with van der Waals surface area (Å²) in [7, 11) is 1.78. The van der Waals surface area contributed by atoms with Gasteiger partial charge in [-0.15, -0.1) is 0 Å². The van der Waals surface area contributed by atoms with Crippen LogP contribution in [0.25, 0.3) is 0 Å². The van der Waals surface area contributed by atoms with Crippen LogP contribution in [0.1, 0.15) is 25.8 Å². The molecule has 7 heteroatoms. The lowest BCUT2D eigenvalue weighted by atomic mass is 9.84. The Balaban J connectivity index is 1.56. The molecule has 0 radical (unpaired) electrons. The quantitative estimate of drug-likeness (QED) is 0.536. The van der Waals surface area contributed by atoms with Gasteiger partial charge in [-0.25, -0.2) is 4.39 Å². The topological polar surface area (TPSA) is 58.1 Å². The van der Waals surface area contributed by atoms with E-state index in [1.54, 1.807) is 19.2 Å². The molecule has 2 aliphatic rings. The molecule has 29 heavy (non-hydrogen) atoms. The van der Waals surface area contributed by atoms with Gasteiger partial charge in [0.05, 0.1) is 19.8 Å². The van der Waals surface area contributed by atoms with Crippen LogP contribution in [0.4, 0.5) is 4.39 Å². The molecule has 0 aromatic heterocycles. The lowest BCUT2D eigenvalue weighted by Crippen LogP contribution is -2.54. The fraction of sp³-hybridized carbons (Fsp3) is 0.682. The largest absolute Gasteiger partial charge is 0.381 e. The fourth-order valence-corrected chi connectivity index (χ4v) is 4.10. The van der Waals surface area contributed by atoms with Crippen molar-refractivity contribution in [3.8, 4) is 0 Å². The summed E-state index contributed by atoms with van der Waals surface area (Å²) in [6, 6.07) is 7.21. The normalized spacial score (nSPS) is 22.5. The predicted molar refractivity (Wildman–Crippen MR) is 114 cm³/mol. The number of nitrogens with zero attached hydrogens (tertiary/aromatic N) is 2. The highest BCUT2D eigenvalue weighted by Crippen LogP contribution is 2.23. The molecule has 2 atom stereocenters. The van der Waals surface area contributed by atoms with Gasteiger partial charge in [0.2, 0.25) is 0 Å². The molecular formula is C22H35FN4O2. The third-order valence-electron chi connectivity index (χ3n) is 6.03. The van der Waals surface area contributed by atoms with Gasteiger partial charge in [-0.05, 0) is 24.1 Å². The molecule has 2 N–H and O–H groups in total. The summed E-state index contributed by atoms with van der Waals surface area (Å²) in [6.45, 7) is 10.9. The third-order valence-corrected chi connectivity index (χ3v) is 6.03. The minimum atomic E-state index is -0.220. The van der Waals surface area contributed by atoms with Crippen molar-refractivity contribution in [3.63, 3.8) is 0 Å². The van der Waals surface area contributed by atoms with E-state index in [4.69, 9.17) is 9.47 Å². The number of ether oxygens (including phenoxy) is 2. The Labute approximate surface area is 173 Å². The van der Waals surface area contributed by atoms with Crippen molar-refractivity contribution in [2.24, 2.45) is 10.9 Å². The second kappa shape index (κ2) is 10.4. The zero-order valence-corrected chi connectivity index (χ0v) is 17.9. The van der Waals surface area contributed by atoms with Crippen LogP contribution in [0.3, 0.4) is 0 Å². The average Bonchev–Trinajstić information content (AvgIpc) is 3.26. The molecule has 1 aromatic carbocycles. The van der Waals surface area contributed by atoms with E-state index in [9.17, 15) is 4.39 Å². The Morgan fingerprint density at radius 3 is 2.69 bits per heavy atom. The molecule has 3 rings (SSSR count). The second-order valence-corrected chi connectivity index (χ2v) is 8.54. The standard InChI is InChI=1S/C22H35FN4O2/c1-22(2,18-5-4-6-19(23)13-18)16-26-21(24-3)25-14-20(17-7-10-29-15-17)27-8-11-28-12-9-27/h4-6,13,17,20H,7-12,14-16H2,1-3H3,(H2,24,25,26). The molecule has 0 bridgehead atoms. The number of morpholine rings is 1. The Morgan fingerprint density at radius 2 is 2.03 bits per heavy atom. The predicted octanol–water partition coefficient (Wildman–Crippen LogP) is 2.01. The monoisotopic (exact) mass is 406 g/mol. The van der Waals surface area contributed by atoms with Crippen molar-refractivity contribution < 1.29 is 13.9 Å². The third kappa shape index (κ3) is 6.14. The molecular weight excluding hydrogens is 371 g/mol. The number of rotatable bonds is 7. The zero-order chi connectivity index (χ0) is 20.7. The van der Waals surface area contributed by atoms with Crippen LogP contribution < -0.4 is 10.6 Å². The van der Waals surface area contributed by atoms with Crippen molar-refractivity contribution in [2.75, 3.05) is 59.7 Å². The lowest BCUT2D eigenvalue weighted by Gasteiger charge is -2.38. The van der Waals surface area contributed by atoms with E-state index in [-0.39, 0.29) is 11.2 Å². The van der Waals surface area contributed by atoms with Crippen LogP contribution in [0.15, 0.2) is 29.3 Å². The molecule has 0 saturated carbocycles. The van der Waals surface area contributed by atoms with Gasteiger partial charge in [0, 0.05) is 57.2 Å². The Bertz CT molecular complexity index is 671. The van der Waals surface area contributed by atoms with Gasteiger partial charge < -0.3 is 20.1 Å². The molecule has 2 unspecified atom stereocenters. The first-order valence-corrected chi connectivity index (χ1v) is 10.6. The van der Waals surface area contributed by atoms with Gasteiger partial charge in [0.25, 0.3) is 0 Å². The van der Waals surface area contributed by atoms with Gasteiger partial charge in [-0.3, -0.25) is 9.89 Å². The minimum Gasteiger partial charge on any atom is -0.381 e. The van der Waals surface area contributed by atoms with E-state index in [1.807, 2.05) is 6.07 Å². The number of halogens is 1. The van der Waals surface area contributed by atoms with Crippen LogP contribution in [-0.2, 0) is 14.9 Å². The molecule has 2 fully saturated rings. The van der Waals surface area contributed by atoms with Crippen molar-refractivity contribution >= 4 is 5.96 Å². The van der Waals surface area contributed by atoms with Crippen LogP contribution in [0.2, 0.25) is 0 Å². The highest BCUT2D eigenvalue weighted by Gasteiger charge is 2.31.